The number of alkyl carbamates (subject to hydrolysis) is 1. The molecule has 1 heterocycles. The minimum absolute atomic E-state index is 0.153. The number of hydrogen-bond acceptors (Lipinski definition) is 4. The lowest BCUT2D eigenvalue weighted by Crippen LogP contribution is -2.53. The molecule has 1 aliphatic rings. The number of amides is 2. The summed E-state index contributed by atoms with van der Waals surface area (Å²) in [5.41, 5.74) is 0.994. The lowest BCUT2D eigenvalue weighted by Gasteiger charge is -2.35. The van der Waals surface area contributed by atoms with Crippen LogP contribution in [0.1, 0.15) is 32.3 Å². The van der Waals surface area contributed by atoms with E-state index in [1.807, 2.05) is 30.3 Å². The number of ether oxygens (including phenoxy) is 1. The summed E-state index contributed by atoms with van der Waals surface area (Å²) in [4.78, 5) is 26.7. The third-order valence-corrected chi connectivity index (χ3v) is 4.68. The van der Waals surface area contributed by atoms with Crippen molar-refractivity contribution >= 4 is 12.0 Å². The highest BCUT2D eigenvalue weighted by atomic mass is 16.5. The number of carbonyl (C=O) groups is 2. The molecule has 1 fully saturated rings. The smallest absolute Gasteiger partial charge is 0.407 e. The normalized spacial score (nSPS) is 17.1. The maximum atomic E-state index is 12.7. The summed E-state index contributed by atoms with van der Waals surface area (Å²) in [7, 11) is 1.30. The first kappa shape index (κ1) is 19.2. The molecule has 0 aromatic heterocycles. The molecule has 2 N–H and O–H groups in total. The molecule has 0 unspecified atom stereocenters. The highest BCUT2D eigenvalue weighted by Gasteiger charge is 2.26. The zero-order valence-corrected chi connectivity index (χ0v) is 15.3. The summed E-state index contributed by atoms with van der Waals surface area (Å²) in [5.74, 6) is -0.155. The zero-order chi connectivity index (χ0) is 18.2. The Morgan fingerprint density at radius 2 is 1.84 bits per heavy atom. The van der Waals surface area contributed by atoms with Crippen molar-refractivity contribution in [1.29, 1.82) is 0 Å². The summed E-state index contributed by atoms with van der Waals surface area (Å²) in [6.45, 7) is 6.34. The Bertz CT molecular complexity index is 554. The number of piperidine rings is 1. The van der Waals surface area contributed by atoms with Gasteiger partial charge in [0, 0.05) is 31.6 Å². The van der Waals surface area contributed by atoms with Crippen LogP contribution in [0.4, 0.5) is 4.79 Å². The molecule has 1 aliphatic heterocycles. The van der Waals surface area contributed by atoms with Crippen molar-refractivity contribution in [2.24, 2.45) is 0 Å². The summed E-state index contributed by atoms with van der Waals surface area (Å²) < 4.78 is 4.66. The van der Waals surface area contributed by atoms with Crippen LogP contribution < -0.4 is 10.6 Å². The lowest BCUT2D eigenvalue weighted by molar-refractivity contribution is -0.124. The van der Waals surface area contributed by atoms with E-state index in [9.17, 15) is 9.59 Å². The van der Waals surface area contributed by atoms with Gasteiger partial charge in [-0.15, -0.1) is 0 Å². The Hall–Kier alpha value is -2.08. The van der Waals surface area contributed by atoms with Gasteiger partial charge >= 0.3 is 6.09 Å². The van der Waals surface area contributed by atoms with E-state index in [0.717, 1.165) is 31.5 Å². The molecular weight excluding hydrogens is 318 g/mol. The molecule has 2 rings (SSSR count). The minimum atomic E-state index is -0.641. The van der Waals surface area contributed by atoms with E-state index in [4.69, 9.17) is 0 Å². The highest BCUT2D eigenvalue weighted by Crippen LogP contribution is 2.13. The van der Waals surface area contributed by atoms with Gasteiger partial charge in [0.1, 0.15) is 6.04 Å². The van der Waals surface area contributed by atoms with Gasteiger partial charge in [-0.2, -0.15) is 0 Å². The van der Waals surface area contributed by atoms with Gasteiger partial charge in [-0.3, -0.25) is 4.79 Å². The van der Waals surface area contributed by atoms with E-state index < -0.39 is 12.1 Å². The van der Waals surface area contributed by atoms with Crippen molar-refractivity contribution in [1.82, 2.24) is 15.5 Å². The van der Waals surface area contributed by atoms with E-state index in [2.05, 4.69) is 34.1 Å². The van der Waals surface area contributed by atoms with Crippen LogP contribution in [0, 0.1) is 0 Å². The molecule has 6 nitrogen and oxygen atoms in total. The third-order valence-electron chi connectivity index (χ3n) is 4.68. The Morgan fingerprint density at radius 1 is 1.20 bits per heavy atom. The van der Waals surface area contributed by atoms with Crippen molar-refractivity contribution in [3.8, 4) is 0 Å². The predicted octanol–water partition coefficient (Wildman–Crippen LogP) is 1.94. The quantitative estimate of drug-likeness (QED) is 0.825. The van der Waals surface area contributed by atoms with Gasteiger partial charge in [0.2, 0.25) is 5.91 Å². The van der Waals surface area contributed by atoms with Crippen molar-refractivity contribution in [2.75, 3.05) is 20.2 Å². The highest BCUT2D eigenvalue weighted by molar-refractivity contribution is 5.86. The predicted molar refractivity (Wildman–Crippen MR) is 97.3 cm³/mol. The van der Waals surface area contributed by atoms with Gasteiger partial charge in [-0.1, -0.05) is 30.3 Å². The summed E-state index contributed by atoms with van der Waals surface area (Å²) in [6.07, 6.45) is 1.71. The van der Waals surface area contributed by atoms with Crippen LogP contribution in [0.5, 0.6) is 0 Å². The molecule has 0 radical (unpaired) electrons. The number of carbonyl (C=O) groups excluding carboxylic acids is 2. The Labute approximate surface area is 149 Å². The average Bonchev–Trinajstić information content (AvgIpc) is 2.62. The topological polar surface area (TPSA) is 70.7 Å². The number of rotatable bonds is 6. The summed E-state index contributed by atoms with van der Waals surface area (Å²) >= 11 is 0. The van der Waals surface area contributed by atoms with Gasteiger partial charge in [0.05, 0.1) is 7.11 Å². The molecular formula is C19H29N3O3. The van der Waals surface area contributed by atoms with E-state index in [1.165, 1.54) is 7.11 Å². The number of benzene rings is 1. The second-order valence-electron chi connectivity index (χ2n) is 6.79. The van der Waals surface area contributed by atoms with Crippen LogP contribution in [0.3, 0.4) is 0 Å². The molecule has 6 heteroatoms. The first-order chi connectivity index (χ1) is 12.0. The zero-order valence-electron chi connectivity index (χ0n) is 15.3. The Morgan fingerprint density at radius 3 is 2.40 bits per heavy atom. The average molecular weight is 347 g/mol. The fourth-order valence-electron chi connectivity index (χ4n) is 3.12. The van der Waals surface area contributed by atoms with E-state index in [1.54, 1.807) is 0 Å². The number of nitrogens with one attached hydrogen (secondary N) is 2. The second kappa shape index (κ2) is 9.42. The molecule has 1 aromatic rings. The number of nitrogens with zero attached hydrogens (tertiary/aromatic N) is 1. The van der Waals surface area contributed by atoms with Gasteiger partial charge in [0.25, 0.3) is 0 Å². The van der Waals surface area contributed by atoms with E-state index in [0.29, 0.717) is 12.5 Å². The third kappa shape index (κ3) is 6.05. The van der Waals surface area contributed by atoms with Crippen LogP contribution in [-0.4, -0.2) is 55.2 Å². The molecule has 138 valence electrons. The SMILES string of the molecule is COC(=O)N[C@H](Cc1ccccc1)C(=O)NC1CCN(C(C)C)CC1. The van der Waals surface area contributed by atoms with Gasteiger partial charge < -0.3 is 20.3 Å². The number of methoxy groups -OCH3 is 1. The van der Waals surface area contributed by atoms with Gasteiger partial charge in [-0.05, 0) is 32.3 Å². The fourth-order valence-corrected chi connectivity index (χ4v) is 3.12. The van der Waals surface area contributed by atoms with Crippen LogP contribution >= 0.6 is 0 Å². The van der Waals surface area contributed by atoms with Crippen LogP contribution in [-0.2, 0) is 16.0 Å². The van der Waals surface area contributed by atoms with Gasteiger partial charge in [0.15, 0.2) is 0 Å². The first-order valence-electron chi connectivity index (χ1n) is 8.92. The standard InChI is InChI=1S/C19H29N3O3/c1-14(2)22-11-9-16(10-12-22)20-18(23)17(21-19(24)25-3)13-15-7-5-4-6-8-15/h4-8,14,16-17H,9-13H2,1-3H3,(H,20,23)(H,21,24)/t17-/m1/s1. The second-order valence-corrected chi connectivity index (χ2v) is 6.79. The minimum Gasteiger partial charge on any atom is -0.453 e. The first-order valence-corrected chi connectivity index (χ1v) is 8.92. The largest absolute Gasteiger partial charge is 0.453 e. The molecule has 1 saturated heterocycles. The Kier molecular flexibility index (Phi) is 7.25. The van der Waals surface area contributed by atoms with E-state index >= 15 is 0 Å². The van der Waals surface area contributed by atoms with Crippen LogP contribution in [0.15, 0.2) is 30.3 Å². The molecule has 0 bridgehead atoms. The summed E-state index contributed by atoms with van der Waals surface area (Å²) in [5, 5.41) is 5.74. The number of hydrogen-bond donors (Lipinski definition) is 2. The fraction of sp³-hybridized carbons (Fsp3) is 0.579. The van der Waals surface area contributed by atoms with Crippen molar-refractivity contribution < 1.29 is 14.3 Å². The number of likely N-dealkylation sites (tertiary alicyclic amines) is 1. The Balaban J connectivity index is 1.94. The molecule has 1 atom stereocenters. The monoisotopic (exact) mass is 347 g/mol. The maximum absolute atomic E-state index is 12.7. The maximum Gasteiger partial charge on any atom is 0.407 e. The van der Waals surface area contributed by atoms with Crippen LogP contribution in [0.2, 0.25) is 0 Å². The van der Waals surface area contributed by atoms with Gasteiger partial charge in [-0.25, -0.2) is 4.79 Å². The van der Waals surface area contributed by atoms with Crippen molar-refractivity contribution in [2.45, 2.75) is 51.2 Å². The molecule has 25 heavy (non-hydrogen) atoms. The lowest BCUT2D eigenvalue weighted by atomic mass is 10.0. The molecule has 0 spiro atoms. The summed E-state index contributed by atoms with van der Waals surface area (Å²) in [6, 6.07) is 9.70. The molecule has 0 saturated carbocycles. The van der Waals surface area contributed by atoms with E-state index in [-0.39, 0.29) is 11.9 Å². The molecule has 2 amide bonds. The van der Waals surface area contributed by atoms with Crippen molar-refractivity contribution in [3.63, 3.8) is 0 Å². The molecule has 1 aromatic carbocycles. The van der Waals surface area contributed by atoms with Crippen LogP contribution in [0.25, 0.3) is 0 Å². The van der Waals surface area contributed by atoms with Crippen molar-refractivity contribution in [3.05, 3.63) is 35.9 Å². The molecule has 0 aliphatic carbocycles.